The van der Waals surface area contributed by atoms with E-state index in [2.05, 4.69) is 52.9 Å². The van der Waals surface area contributed by atoms with Gasteiger partial charge in [-0.2, -0.15) is 0 Å². The van der Waals surface area contributed by atoms with E-state index in [1.165, 1.54) is 21.9 Å². The van der Waals surface area contributed by atoms with Crippen molar-refractivity contribution in [1.29, 1.82) is 0 Å². The van der Waals surface area contributed by atoms with E-state index in [4.69, 9.17) is 9.73 Å². The van der Waals surface area contributed by atoms with Crippen LogP contribution in [0, 0.1) is 3.57 Å². The molecular formula is C26H18INO2. The smallest absolute Gasteiger partial charge is 0.343 e. The molecule has 0 N–H and O–H groups in total. The van der Waals surface area contributed by atoms with Crippen LogP contribution in [0.15, 0.2) is 83.9 Å². The van der Waals surface area contributed by atoms with E-state index in [-0.39, 0.29) is 5.97 Å². The van der Waals surface area contributed by atoms with Crippen molar-refractivity contribution in [2.45, 2.75) is 12.8 Å². The summed E-state index contributed by atoms with van der Waals surface area (Å²) in [5.41, 5.74) is 5.30. The van der Waals surface area contributed by atoms with Crippen LogP contribution in [0.1, 0.15) is 27.0 Å². The van der Waals surface area contributed by atoms with Crippen LogP contribution in [-0.4, -0.2) is 12.2 Å². The number of nitrogens with zero attached hydrogens (tertiary/aromatic N) is 1. The monoisotopic (exact) mass is 503 g/mol. The van der Waals surface area contributed by atoms with E-state index < -0.39 is 0 Å². The maximum Gasteiger partial charge on any atom is 0.343 e. The minimum atomic E-state index is -0.360. The number of rotatable bonds is 4. The van der Waals surface area contributed by atoms with E-state index in [0.717, 1.165) is 27.7 Å². The molecule has 0 bridgehead atoms. The van der Waals surface area contributed by atoms with Crippen LogP contribution >= 0.6 is 22.6 Å². The summed E-state index contributed by atoms with van der Waals surface area (Å²) >= 11 is 2.21. The summed E-state index contributed by atoms with van der Waals surface area (Å²) in [6.07, 6.45) is 4.08. The van der Waals surface area contributed by atoms with Crippen LogP contribution in [0.5, 0.6) is 5.75 Å². The predicted molar refractivity (Wildman–Crippen MR) is 129 cm³/mol. The summed E-state index contributed by atoms with van der Waals surface area (Å²) in [7, 11) is 0. The first kappa shape index (κ1) is 19.0. The molecule has 30 heavy (non-hydrogen) atoms. The molecule has 3 nitrogen and oxygen atoms in total. The minimum Gasteiger partial charge on any atom is -0.423 e. The van der Waals surface area contributed by atoms with Crippen LogP contribution in [0.2, 0.25) is 0 Å². The van der Waals surface area contributed by atoms with Crippen molar-refractivity contribution >= 4 is 51.2 Å². The highest BCUT2D eigenvalue weighted by Gasteiger charge is 2.15. The van der Waals surface area contributed by atoms with Crippen molar-refractivity contribution in [3.63, 3.8) is 0 Å². The molecule has 0 atom stereocenters. The summed E-state index contributed by atoms with van der Waals surface area (Å²) in [6, 6.07) is 25.5. The van der Waals surface area contributed by atoms with E-state index in [9.17, 15) is 4.79 Å². The summed E-state index contributed by atoms with van der Waals surface area (Å²) in [5.74, 6) is 0.154. The fourth-order valence-corrected chi connectivity index (χ4v) is 4.22. The first-order chi connectivity index (χ1) is 14.7. The Hall–Kier alpha value is -2.99. The zero-order valence-corrected chi connectivity index (χ0v) is 18.3. The largest absolute Gasteiger partial charge is 0.423 e. The van der Waals surface area contributed by atoms with Gasteiger partial charge in [-0.05, 0) is 112 Å². The lowest BCUT2D eigenvalue weighted by Gasteiger charge is -2.06. The molecule has 1 aliphatic carbocycles. The molecule has 0 spiro atoms. The number of benzene rings is 4. The normalized spacial score (nSPS) is 12.6. The van der Waals surface area contributed by atoms with Gasteiger partial charge in [0.1, 0.15) is 5.75 Å². The van der Waals surface area contributed by atoms with E-state index in [0.29, 0.717) is 11.3 Å². The topological polar surface area (TPSA) is 38.7 Å². The number of hydrogen-bond acceptors (Lipinski definition) is 3. The predicted octanol–water partition coefficient (Wildman–Crippen LogP) is 6.51. The molecule has 4 aromatic carbocycles. The fourth-order valence-electron chi connectivity index (χ4n) is 3.86. The SMILES string of the molecule is O=C(Oc1ccc(C=Nc2ccc3c4c(cccc24)CC3)cc1)c1ccc(I)cc1. The van der Waals surface area contributed by atoms with Gasteiger partial charge in [-0.25, -0.2) is 4.79 Å². The summed E-state index contributed by atoms with van der Waals surface area (Å²) in [4.78, 5) is 17.0. The Labute approximate surface area is 188 Å². The minimum absolute atomic E-state index is 0.360. The zero-order valence-electron chi connectivity index (χ0n) is 16.1. The first-order valence-electron chi connectivity index (χ1n) is 9.83. The molecule has 1 aliphatic rings. The van der Waals surface area contributed by atoms with E-state index >= 15 is 0 Å². The highest BCUT2D eigenvalue weighted by Crippen LogP contribution is 2.36. The third kappa shape index (κ3) is 3.75. The Morgan fingerprint density at radius 2 is 1.60 bits per heavy atom. The number of halogens is 1. The molecule has 0 heterocycles. The molecule has 4 heteroatoms. The number of aryl methyl sites for hydroxylation is 2. The van der Waals surface area contributed by atoms with Crippen molar-refractivity contribution in [2.24, 2.45) is 4.99 Å². The van der Waals surface area contributed by atoms with Gasteiger partial charge in [0.15, 0.2) is 0 Å². The summed E-state index contributed by atoms with van der Waals surface area (Å²) in [5, 5.41) is 2.58. The Bertz CT molecular complexity index is 1260. The average Bonchev–Trinajstić information content (AvgIpc) is 3.20. The lowest BCUT2D eigenvalue weighted by molar-refractivity contribution is 0.0734. The fraction of sp³-hybridized carbons (Fsp3) is 0.0769. The summed E-state index contributed by atoms with van der Waals surface area (Å²) in [6.45, 7) is 0. The molecule has 0 aromatic heterocycles. The van der Waals surface area contributed by atoms with Crippen LogP contribution in [0.4, 0.5) is 5.69 Å². The van der Waals surface area contributed by atoms with Gasteiger partial charge in [-0.1, -0.05) is 24.3 Å². The van der Waals surface area contributed by atoms with Gasteiger partial charge in [-0.3, -0.25) is 4.99 Å². The molecule has 5 rings (SSSR count). The Morgan fingerprint density at radius 3 is 2.37 bits per heavy atom. The molecule has 4 aromatic rings. The maximum absolute atomic E-state index is 12.3. The molecule has 0 radical (unpaired) electrons. The maximum atomic E-state index is 12.3. The highest BCUT2D eigenvalue weighted by atomic mass is 127. The first-order valence-corrected chi connectivity index (χ1v) is 10.9. The molecule has 146 valence electrons. The zero-order chi connectivity index (χ0) is 20.5. The number of esters is 1. The molecule has 0 amide bonds. The number of carbonyl (C=O) groups is 1. The quantitative estimate of drug-likeness (QED) is 0.138. The van der Waals surface area contributed by atoms with Crippen LogP contribution in [0.3, 0.4) is 0 Å². The Balaban J connectivity index is 1.33. The molecule has 0 saturated heterocycles. The Kier molecular flexibility index (Phi) is 5.09. The average molecular weight is 503 g/mol. The van der Waals surface area contributed by atoms with Gasteiger partial charge in [0.05, 0.1) is 11.3 Å². The van der Waals surface area contributed by atoms with Crippen LogP contribution in [-0.2, 0) is 12.8 Å². The molecule has 0 saturated carbocycles. The van der Waals surface area contributed by atoms with Crippen molar-refractivity contribution in [3.8, 4) is 5.75 Å². The van der Waals surface area contributed by atoms with Crippen LogP contribution < -0.4 is 4.74 Å². The Morgan fingerprint density at radius 1 is 0.867 bits per heavy atom. The van der Waals surface area contributed by atoms with Crippen molar-refractivity contribution in [2.75, 3.05) is 0 Å². The second-order valence-electron chi connectivity index (χ2n) is 7.31. The van der Waals surface area contributed by atoms with Gasteiger partial charge in [0.2, 0.25) is 0 Å². The van der Waals surface area contributed by atoms with Gasteiger partial charge < -0.3 is 4.74 Å². The summed E-state index contributed by atoms with van der Waals surface area (Å²) < 4.78 is 6.54. The number of ether oxygens (including phenoxy) is 1. The van der Waals surface area contributed by atoms with Crippen LogP contribution in [0.25, 0.3) is 10.8 Å². The van der Waals surface area contributed by atoms with Gasteiger partial charge in [0, 0.05) is 15.2 Å². The number of carbonyl (C=O) groups excluding carboxylic acids is 1. The third-order valence-electron chi connectivity index (χ3n) is 5.38. The van der Waals surface area contributed by atoms with Gasteiger partial charge in [-0.15, -0.1) is 0 Å². The molecule has 0 aliphatic heterocycles. The second kappa shape index (κ2) is 8.03. The van der Waals surface area contributed by atoms with Crippen molar-refractivity contribution in [1.82, 2.24) is 0 Å². The standard InChI is InChI=1S/C26H18INO2/c27-21-11-8-20(9-12-21)26(29)30-22-13-4-17(5-14-22)16-28-24-15-10-19-7-6-18-2-1-3-23(24)25(18)19/h1-5,8-16H,6-7H2. The van der Waals surface area contributed by atoms with Crippen molar-refractivity contribution < 1.29 is 9.53 Å². The number of hydrogen-bond donors (Lipinski definition) is 0. The second-order valence-corrected chi connectivity index (χ2v) is 8.55. The van der Waals surface area contributed by atoms with Crippen molar-refractivity contribution in [3.05, 3.63) is 105 Å². The molecule has 0 fully saturated rings. The van der Waals surface area contributed by atoms with E-state index in [1.54, 1.807) is 24.3 Å². The highest BCUT2D eigenvalue weighted by molar-refractivity contribution is 14.1. The van der Waals surface area contributed by atoms with Gasteiger partial charge in [0.25, 0.3) is 0 Å². The third-order valence-corrected chi connectivity index (χ3v) is 6.10. The number of aliphatic imine (C=N–C) groups is 1. The molecule has 0 unspecified atom stereocenters. The lowest BCUT2D eigenvalue weighted by atomic mass is 10.0. The molecular weight excluding hydrogens is 485 g/mol. The van der Waals surface area contributed by atoms with Gasteiger partial charge >= 0.3 is 5.97 Å². The lowest BCUT2D eigenvalue weighted by Crippen LogP contribution is -2.08. The van der Waals surface area contributed by atoms with E-state index in [1.807, 2.05) is 30.5 Å².